The first-order valence-electron chi connectivity index (χ1n) is 4.76. The van der Waals surface area contributed by atoms with Crippen molar-refractivity contribution in [2.24, 2.45) is 0 Å². The lowest BCUT2D eigenvalue weighted by Crippen LogP contribution is -2.54. The number of aliphatic hydroxyl groups is 1. The number of nitrogens with two attached hydrogens (primary N) is 2. The van der Waals surface area contributed by atoms with Gasteiger partial charge in [-0.1, -0.05) is 6.07 Å². The lowest BCUT2D eigenvalue weighted by Gasteiger charge is -2.28. The van der Waals surface area contributed by atoms with Crippen LogP contribution in [-0.2, 0) is 0 Å². The van der Waals surface area contributed by atoms with Crippen molar-refractivity contribution < 1.29 is 31.4 Å². The summed E-state index contributed by atoms with van der Waals surface area (Å²) in [6.07, 6.45) is -11.4. The number of anilines is 2. The number of alkyl halides is 6. The summed E-state index contributed by atoms with van der Waals surface area (Å²) in [5.41, 5.74) is 7.56. The van der Waals surface area contributed by atoms with Crippen LogP contribution in [-0.4, -0.2) is 23.1 Å². The third kappa shape index (κ3) is 4.86. The van der Waals surface area contributed by atoms with Gasteiger partial charge in [-0.3, -0.25) is 0 Å². The van der Waals surface area contributed by atoms with Crippen molar-refractivity contribution in [3.63, 3.8) is 0 Å². The van der Waals surface area contributed by atoms with E-state index in [4.69, 9.17) is 16.6 Å². The van der Waals surface area contributed by atoms with Gasteiger partial charge < -0.3 is 16.6 Å². The van der Waals surface area contributed by atoms with E-state index in [-0.39, 0.29) is 6.92 Å². The van der Waals surface area contributed by atoms with Gasteiger partial charge in [0, 0.05) is 11.4 Å². The van der Waals surface area contributed by atoms with Crippen molar-refractivity contribution in [3.8, 4) is 0 Å². The lowest BCUT2D eigenvalue weighted by molar-refractivity contribution is -0.360. The zero-order valence-corrected chi connectivity index (χ0v) is 9.68. The van der Waals surface area contributed by atoms with E-state index in [1.807, 2.05) is 6.07 Å². The van der Waals surface area contributed by atoms with Gasteiger partial charge in [-0.05, 0) is 25.1 Å². The van der Waals surface area contributed by atoms with Crippen LogP contribution in [0.4, 0.5) is 37.7 Å². The van der Waals surface area contributed by atoms with Crippen molar-refractivity contribution in [1.29, 1.82) is 0 Å². The predicted octanol–water partition coefficient (Wildman–Crippen LogP) is 2.71. The molecule has 0 saturated heterocycles. The smallest absolute Gasteiger partial charge is 0.399 e. The molecule has 1 aromatic rings. The van der Waals surface area contributed by atoms with Crippen molar-refractivity contribution in [2.45, 2.75) is 24.9 Å². The molecular weight excluding hydrogens is 278 g/mol. The Bertz CT molecular complexity index is 380. The van der Waals surface area contributed by atoms with Gasteiger partial charge in [0.25, 0.3) is 5.60 Å². The Hall–Kier alpha value is -1.64. The standard InChI is InChI=1S/C6H8N2.C4H4F6O/c7-5-2-1-3-6(8)4-5;1-2(11,3(5,6)7)4(8,9)10/h1-4H,7-8H2;11H,1H3. The second kappa shape index (κ2) is 5.55. The highest BCUT2D eigenvalue weighted by atomic mass is 19.4. The van der Waals surface area contributed by atoms with Crippen LogP contribution in [0.1, 0.15) is 6.92 Å². The van der Waals surface area contributed by atoms with Crippen LogP contribution in [0.15, 0.2) is 24.3 Å². The Kier molecular flexibility index (Phi) is 5.08. The monoisotopic (exact) mass is 290 g/mol. The first kappa shape index (κ1) is 17.4. The van der Waals surface area contributed by atoms with Gasteiger partial charge in [0.1, 0.15) is 0 Å². The molecule has 0 fully saturated rings. The molecule has 0 aliphatic heterocycles. The molecule has 1 aromatic carbocycles. The van der Waals surface area contributed by atoms with Crippen molar-refractivity contribution in [1.82, 2.24) is 0 Å². The van der Waals surface area contributed by atoms with E-state index in [2.05, 4.69) is 0 Å². The molecule has 0 amide bonds. The first-order valence-corrected chi connectivity index (χ1v) is 4.76. The molecule has 9 heteroatoms. The average Bonchev–Trinajstić information content (AvgIpc) is 2.14. The van der Waals surface area contributed by atoms with E-state index in [0.29, 0.717) is 11.4 Å². The summed E-state index contributed by atoms with van der Waals surface area (Å²) in [4.78, 5) is 0. The van der Waals surface area contributed by atoms with Crippen molar-refractivity contribution in [3.05, 3.63) is 24.3 Å². The fraction of sp³-hybridized carbons (Fsp3) is 0.400. The van der Waals surface area contributed by atoms with Gasteiger partial charge >= 0.3 is 12.4 Å². The molecule has 0 aliphatic carbocycles. The summed E-state index contributed by atoms with van der Waals surface area (Å²) in [5, 5.41) is 7.94. The number of hydrogen-bond donors (Lipinski definition) is 3. The minimum Gasteiger partial charge on any atom is -0.399 e. The summed E-state index contributed by atoms with van der Waals surface area (Å²) in [7, 11) is 0. The van der Waals surface area contributed by atoms with Gasteiger partial charge in [-0.15, -0.1) is 0 Å². The summed E-state index contributed by atoms with van der Waals surface area (Å²) < 4.78 is 68.2. The minimum atomic E-state index is -5.69. The number of nitrogen functional groups attached to an aromatic ring is 2. The molecule has 0 aromatic heterocycles. The molecule has 0 radical (unpaired) electrons. The van der Waals surface area contributed by atoms with Gasteiger partial charge in [0.15, 0.2) is 0 Å². The molecule has 0 saturated carbocycles. The molecule has 0 bridgehead atoms. The number of halogens is 6. The molecule has 1 rings (SSSR count). The van der Waals surface area contributed by atoms with E-state index in [1.165, 1.54) is 0 Å². The SMILES string of the molecule is CC(O)(C(F)(F)F)C(F)(F)F.Nc1cccc(N)c1. The van der Waals surface area contributed by atoms with Crippen molar-refractivity contribution in [2.75, 3.05) is 11.5 Å². The number of rotatable bonds is 0. The topological polar surface area (TPSA) is 72.3 Å². The second-order valence-electron chi connectivity index (χ2n) is 3.74. The van der Waals surface area contributed by atoms with E-state index in [1.54, 1.807) is 18.2 Å². The molecule has 0 atom stereocenters. The molecule has 0 aliphatic rings. The van der Waals surface area contributed by atoms with E-state index in [0.717, 1.165) is 0 Å². The summed E-state index contributed by atoms with van der Waals surface area (Å²) in [6.45, 7) is -0.340. The molecule has 19 heavy (non-hydrogen) atoms. The largest absolute Gasteiger partial charge is 0.425 e. The normalized spacial score (nSPS) is 12.6. The Morgan fingerprint density at radius 1 is 0.895 bits per heavy atom. The summed E-state index contributed by atoms with van der Waals surface area (Å²) >= 11 is 0. The number of benzene rings is 1. The van der Waals surface area contributed by atoms with Crippen LogP contribution >= 0.6 is 0 Å². The van der Waals surface area contributed by atoms with Crippen LogP contribution in [0.2, 0.25) is 0 Å². The van der Waals surface area contributed by atoms with E-state index in [9.17, 15) is 26.3 Å². The lowest BCUT2D eigenvalue weighted by atomic mass is 10.1. The van der Waals surface area contributed by atoms with Gasteiger partial charge in [0.05, 0.1) is 0 Å². The quantitative estimate of drug-likeness (QED) is 0.508. The number of hydrogen-bond acceptors (Lipinski definition) is 3. The molecule has 0 heterocycles. The van der Waals surface area contributed by atoms with Gasteiger partial charge in [0.2, 0.25) is 0 Å². The average molecular weight is 290 g/mol. The maximum Gasteiger partial charge on any atom is 0.425 e. The highest BCUT2D eigenvalue weighted by Gasteiger charge is 2.67. The fourth-order valence-electron chi connectivity index (χ4n) is 0.720. The first-order chi connectivity index (χ1) is 8.29. The Balaban J connectivity index is 0.000000356. The summed E-state index contributed by atoms with van der Waals surface area (Å²) in [6, 6.07) is 7.15. The highest BCUT2D eigenvalue weighted by Crippen LogP contribution is 2.42. The molecular formula is C10H12F6N2O. The molecule has 3 nitrogen and oxygen atoms in total. The fourth-order valence-corrected chi connectivity index (χ4v) is 0.720. The van der Waals surface area contributed by atoms with Gasteiger partial charge in [-0.2, -0.15) is 26.3 Å². The minimum absolute atomic E-state index is 0.340. The molecule has 0 spiro atoms. The van der Waals surface area contributed by atoms with Crippen LogP contribution in [0, 0.1) is 0 Å². The summed E-state index contributed by atoms with van der Waals surface area (Å²) in [5.74, 6) is 0. The Morgan fingerprint density at radius 2 is 1.21 bits per heavy atom. The predicted molar refractivity (Wildman–Crippen MR) is 58.0 cm³/mol. The molecule has 110 valence electrons. The molecule has 0 unspecified atom stereocenters. The maximum atomic E-state index is 11.4. The van der Waals surface area contributed by atoms with Crippen LogP contribution in [0.5, 0.6) is 0 Å². The van der Waals surface area contributed by atoms with Gasteiger partial charge in [-0.25, -0.2) is 0 Å². The van der Waals surface area contributed by atoms with Crippen LogP contribution in [0.3, 0.4) is 0 Å². The third-order valence-electron chi connectivity index (χ3n) is 2.01. The third-order valence-corrected chi connectivity index (χ3v) is 2.01. The highest BCUT2D eigenvalue weighted by molar-refractivity contribution is 5.50. The molecule has 5 N–H and O–H groups in total. The van der Waals surface area contributed by atoms with E-state index >= 15 is 0 Å². The van der Waals surface area contributed by atoms with Crippen LogP contribution in [0.25, 0.3) is 0 Å². The Labute approximate surface area is 104 Å². The van der Waals surface area contributed by atoms with E-state index < -0.39 is 18.0 Å². The maximum absolute atomic E-state index is 11.4. The van der Waals surface area contributed by atoms with Crippen LogP contribution < -0.4 is 11.5 Å². The Morgan fingerprint density at radius 3 is 1.32 bits per heavy atom. The van der Waals surface area contributed by atoms with Crippen molar-refractivity contribution >= 4 is 11.4 Å². The zero-order chi connectivity index (χ0) is 15.5. The zero-order valence-electron chi connectivity index (χ0n) is 9.68. The second-order valence-corrected chi connectivity index (χ2v) is 3.74.